The average molecular weight is 619 g/mol. The van der Waals surface area contributed by atoms with Crippen molar-refractivity contribution in [1.29, 1.82) is 0 Å². The molecule has 0 spiro atoms. The maximum atomic E-state index is 12.9. The highest BCUT2D eigenvalue weighted by Gasteiger charge is 2.48. The quantitative estimate of drug-likeness (QED) is 0.164. The monoisotopic (exact) mass is 618 g/mol. The molecule has 3 fully saturated rings. The summed E-state index contributed by atoms with van der Waals surface area (Å²) in [5.41, 5.74) is 0. The minimum absolute atomic E-state index is 0.0596. The molecule has 4 atom stereocenters. The minimum Gasteiger partial charge on any atom is -0.466 e. The lowest BCUT2D eigenvalue weighted by molar-refractivity contribution is -0.832. The number of likely N-dealkylation sites (tertiary alicyclic amines) is 1. The predicted octanol–water partition coefficient (Wildman–Crippen LogP) is 3.99. The van der Waals surface area contributed by atoms with E-state index >= 15 is 0 Å². The first-order valence-corrected chi connectivity index (χ1v) is 17.5. The van der Waals surface area contributed by atoms with Crippen LogP contribution in [0.5, 0.6) is 5.88 Å². The van der Waals surface area contributed by atoms with E-state index in [4.69, 9.17) is 9.47 Å². The molecule has 3 aliphatic rings. The number of hydrogen-bond donors (Lipinski definition) is 0. The van der Waals surface area contributed by atoms with Crippen LogP contribution in [0.4, 0.5) is 0 Å². The molecule has 0 bridgehead atoms. The number of sulfone groups is 1. The fraction of sp³-hybridized carbons (Fsp3) is 0.710. The molecule has 1 aromatic carbocycles. The van der Waals surface area contributed by atoms with E-state index in [-0.39, 0.29) is 34.9 Å². The molecule has 0 N–H and O–H groups in total. The Hall–Kier alpha value is -2.70. The van der Waals surface area contributed by atoms with Crippen molar-refractivity contribution in [1.82, 2.24) is 15.0 Å². The second kappa shape index (κ2) is 14.9. The molecule has 3 aliphatic heterocycles. The first-order valence-electron chi connectivity index (χ1n) is 16.1. The van der Waals surface area contributed by atoms with Gasteiger partial charge in [0.1, 0.15) is 0 Å². The molecular formula is C31H46N4O7S. The van der Waals surface area contributed by atoms with Crippen LogP contribution in [0.25, 0.3) is 0 Å². The normalized spacial score (nSPS) is 24.4. The standard InChI is InChI=1S/C31H46N4O7S/c1-2-3-18-34-23-24-12-10-19-33-20-11-15-26(29(24)33)27(34)16-9-17-28(36)40-21-7-8-22-41-30-31(35(37)42-32-30)43(38,39)25-13-5-4-6-14-25/h4-6,13-14,24,26-27,29H,2-3,7-12,15-23H2,1H3. The fourth-order valence-corrected chi connectivity index (χ4v) is 8.72. The zero-order chi connectivity index (χ0) is 30.2. The lowest BCUT2D eigenvalue weighted by Crippen LogP contribution is -2.64. The number of esters is 1. The highest BCUT2D eigenvalue weighted by molar-refractivity contribution is 7.91. The van der Waals surface area contributed by atoms with E-state index in [0.29, 0.717) is 31.2 Å². The van der Waals surface area contributed by atoms with Gasteiger partial charge in [-0.15, -0.1) is 0 Å². The number of carbonyl (C=O) groups is 1. The van der Waals surface area contributed by atoms with Crippen molar-refractivity contribution in [3.8, 4) is 5.88 Å². The number of benzene rings is 1. The molecule has 12 heteroatoms. The molecule has 5 rings (SSSR count). The first kappa shape index (κ1) is 31.7. The van der Waals surface area contributed by atoms with Crippen LogP contribution >= 0.6 is 0 Å². The van der Waals surface area contributed by atoms with Gasteiger partial charge in [-0.2, -0.15) is 0 Å². The van der Waals surface area contributed by atoms with Crippen molar-refractivity contribution < 1.29 is 32.2 Å². The second-order valence-electron chi connectivity index (χ2n) is 12.2. The fourth-order valence-electron chi connectivity index (χ4n) is 7.43. The molecule has 0 aliphatic carbocycles. The zero-order valence-corrected chi connectivity index (χ0v) is 26.1. The Morgan fingerprint density at radius 3 is 2.65 bits per heavy atom. The Morgan fingerprint density at radius 1 is 1.09 bits per heavy atom. The van der Waals surface area contributed by atoms with E-state index in [1.807, 2.05) is 0 Å². The third-order valence-corrected chi connectivity index (χ3v) is 11.1. The van der Waals surface area contributed by atoms with Crippen LogP contribution in [0.1, 0.15) is 77.6 Å². The Bertz CT molecular complexity index is 1290. The van der Waals surface area contributed by atoms with E-state index in [1.54, 1.807) is 18.2 Å². The van der Waals surface area contributed by atoms with Crippen LogP contribution in [-0.4, -0.2) is 80.8 Å². The minimum atomic E-state index is -4.16. The summed E-state index contributed by atoms with van der Waals surface area (Å²) in [5, 5.41) is 14.8. The molecule has 3 saturated heterocycles. The van der Waals surface area contributed by atoms with Gasteiger partial charge in [0.05, 0.1) is 23.3 Å². The number of carbonyl (C=O) groups excluding carboxylic acids is 1. The van der Waals surface area contributed by atoms with Gasteiger partial charge in [0.2, 0.25) is 0 Å². The third-order valence-electron chi connectivity index (χ3n) is 9.35. The van der Waals surface area contributed by atoms with Crippen LogP contribution < -0.4 is 9.64 Å². The van der Waals surface area contributed by atoms with Crippen LogP contribution in [0, 0.1) is 17.0 Å². The van der Waals surface area contributed by atoms with Gasteiger partial charge in [-0.3, -0.25) is 19.2 Å². The summed E-state index contributed by atoms with van der Waals surface area (Å²) in [6, 6.07) is 8.84. The van der Waals surface area contributed by atoms with Crippen molar-refractivity contribution in [3.05, 3.63) is 35.5 Å². The molecule has 0 saturated carbocycles. The summed E-state index contributed by atoms with van der Waals surface area (Å²) in [4.78, 5) is 17.8. The second-order valence-corrected chi connectivity index (χ2v) is 14.0. The van der Waals surface area contributed by atoms with Crippen LogP contribution in [0.2, 0.25) is 0 Å². The van der Waals surface area contributed by atoms with Crippen molar-refractivity contribution in [3.63, 3.8) is 0 Å². The Morgan fingerprint density at radius 2 is 1.86 bits per heavy atom. The molecule has 2 aromatic rings. The molecule has 4 unspecified atom stereocenters. The summed E-state index contributed by atoms with van der Waals surface area (Å²) in [6.07, 6.45) is 11.0. The van der Waals surface area contributed by atoms with Crippen molar-refractivity contribution in [2.24, 2.45) is 11.8 Å². The predicted molar refractivity (Wildman–Crippen MR) is 158 cm³/mol. The SMILES string of the molecule is CCCCN1CC2CCCN3CCCC(C1CCCC(=O)OCCCCOc1no[n+]([O-])c1S(=O)(=O)c1ccccc1)C23. The highest BCUT2D eigenvalue weighted by Crippen LogP contribution is 2.43. The summed E-state index contributed by atoms with van der Waals surface area (Å²) < 4.78 is 41.1. The Labute approximate surface area is 254 Å². The Kier molecular flexibility index (Phi) is 11.0. The van der Waals surface area contributed by atoms with Gasteiger partial charge in [-0.1, -0.05) is 31.5 Å². The maximum Gasteiger partial charge on any atom is 0.414 e. The molecule has 0 radical (unpaired) electrons. The molecule has 238 valence electrons. The van der Waals surface area contributed by atoms with Gasteiger partial charge in [0.15, 0.2) is 0 Å². The first-order chi connectivity index (χ1) is 20.9. The molecular weight excluding hydrogens is 572 g/mol. The van der Waals surface area contributed by atoms with Gasteiger partial charge in [0.25, 0.3) is 9.84 Å². The number of piperidine rings is 3. The summed E-state index contributed by atoms with van der Waals surface area (Å²) in [5.74, 6) is 0.945. The maximum absolute atomic E-state index is 12.9. The van der Waals surface area contributed by atoms with Gasteiger partial charge in [-0.05, 0) is 106 Å². The number of hydrogen-bond acceptors (Lipinski definition) is 10. The van der Waals surface area contributed by atoms with E-state index in [9.17, 15) is 18.4 Å². The summed E-state index contributed by atoms with van der Waals surface area (Å²) in [6.45, 7) is 7.48. The van der Waals surface area contributed by atoms with Crippen molar-refractivity contribution >= 4 is 15.8 Å². The van der Waals surface area contributed by atoms with Crippen LogP contribution in [0.3, 0.4) is 0 Å². The number of unbranched alkanes of at least 4 members (excludes halogenated alkanes) is 2. The number of nitrogens with zero attached hydrogens (tertiary/aromatic N) is 4. The van der Waals surface area contributed by atoms with Gasteiger partial charge in [-0.25, -0.2) is 8.42 Å². The molecule has 11 nitrogen and oxygen atoms in total. The molecule has 4 heterocycles. The average Bonchev–Trinajstić information content (AvgIpc) is 3.40. The zero-order valence-electron chi connectivity index (χ0n) is 25.3. The van der Waals surface area contributed by atoms with Crippen LogP contribution in [-0.2, 0) is 19.4 Å². The summed E-state index contributed by atoms with van der Waals surface area (Å²) in [7, 11) is -4.16. The highest BCUT2D eigenvalue weighted by atomic mass is 32.2. The topological polar surface area (TPSA) is 129 Å². The van der Waals surface area contributed by atoms with Crippen molar-refractivity contribution in [2.45, 2.75) is 99.6 Å². The number of aromatic nitrogens is 2. The lowest BCUT2D eigenvalue weighted by atomic mass is 9.69. The van der Waals surface area contributed by atoms with Crippen LogP contribution in [0.15, 0.2) is 44.9 Å². The number of ether oxygens (including phenoxy) is 2. The molecule has 43 heavy (non-hydrogen) atoms. The summed E-state index contributed by atoms with van der Waals surface area (Å²) >= 11 is 0. The van der Waals surface area contributed by atoms with E-state index in [1.165, 1.54) is 70.3 Å². The van der Waals surface area contributed by atoms with Gasteiger partial charge < -0.3 is 14.7 Å². The van der Waals surface area contributed by atoms with E-state index < -0.39 is 14.9 Å². The largest absolute Gasteiger partial charge is 0.466 e. The molecule has 1 aromatic heterocycles. The van der Waals surface area contributed by atoms with Gasteiger partial charge in [0, 0.05) is 25.0 Å². The number of rotatable bonds is 15. The van der Waals surface area contributed by atoms with Crippen molar-refractivity contribution in [2.75, 3.05) is 39.4 Å². The third kappa shape index (κ3) is 7.51. The van der Waals surface area contributed by atoms with Gasteiger partial charge >= 0.3 is 16.9 Å². The van der Waals surface area contributed by atoms with E-state index in [2.05, 4.69) is 26.5 Å². The lowest BCUT2D eigenvalue weighted by Gasteiger charge is -2.57. The Balaban J connectivity index is 1.03. The molecule has 0 amide bonds. The smallest absolute Gasteiger partial charge is 0.414 e. The van der Waals surface area contributed by atoms with E-state index in [0.717, 1.165) is 31.3 Å².